The fraction of sp³-hybridized carbons (Fsp3) is 0.167. The highest BCUT2D eigenvalue weighted by molar-refractivity contribution is 6.38. The molecule has 0 atom stereocenters. The zero-order valence-electron chi connectivity index (χ0n) is 41.1. The number of aryl methyl sites for hydroxylation is 6. The number of carbonyl (C=O) groups excluding carboxylic acids is 8. The number of nitrogens with zero attached hydrogens (tertiary/aromatic N) is 4. The number of carbonyl (C=O) groups is 8. The predicted molar refractivity (Wildman–Crippen MR) is 274 cm³/mol. The molecule has 0 N–H and O–H groups in total. The van der Waals surface area contributed by atoms with Gasteiger partial charge in [0.2, 0.25) is 0 Å². The van der Waals surface area contributed by atoms with Gasteiger partial charge in [-0.1, -0.05) is 54.6 Å². The molecule has 0 saturated carbocycles. The van der Waals surface area contributed by atoms with E-state index in [1.807, 2.05) is 26.0 Å². The minimum atomic E-state index is -0.605. The maximum Gasteiger partial charge on any atom is 0.266 e. The first-order chi connectivity index (χ1) is 34.2. The van der Waals surface area contributed by atoms with Crippen LogP contribution in [0.3, 0.4) is 0 Å². The van der Waals surface area contributed by atoms with Crippen molar-refractivity contribution in [2.24, 2.45) is 0 Å². The van der Waals surface area contributed by atoms with E-state index in [4.69, 9.17) is 0 Å². The average Bonchev–Trinajstić information content (AvgIpc) is 3.93. The van der Waals surface area contributed by atoms with Gasteiger partial charge in [-0.15, -0.1) is 0 Å². The van der Waals surface area contributed by atoms with Gasteiger partial charge in [-0.3, -0.25) is 43.3 Å². The first-order valence-corrected chi connectivity index (χ1v) is 23.6. The lowest BCUT2D eigenvalue weighted by Gasteiger charge is -2.26. The number of hydrogen-bond acceptors (Lipinski definition) is 8. The summed E-state index contributed by atoms with van der Waals surface area (Å²) in [6.45, 7) is 15.3. The minimum absolute atomic E-state index is 0.128. The molecule has 0 spiro atoms. The fourth-order valence-corrected chi connectivity index (χ4v) is 11.2. The van der Waals surface area contributed by atoms with Crippen molar-refractivity contribution < 1.29 is 38.4 Å². The molecule has 354 valence electrons. The van der Waals surface area contributed by atoms with Gasteiger partial charge in [0.15, 0.2) is 0 Å². The quantitative estimate of drug-likeness (QED) is 0.143. The zero-order valence-corrected chi connectivity index (χ0v) is 41.1. The van der Waals surface area contributed by atoms with Crippen LogP contribution in [0.25, 0.3) is 22.3 Å². The standard InChI is InChI=1S/C60H46N4O8/c1-28-19-36(20-29(2)34(28)7)23-37-21-32(5)50(33(6)22-37)62-55(67)43-15-11-40(25-47(43)58(62)70)41-13-17-45-49(27-41)60(72)64(57(45)69)52-31(4)18-30(3)51(35(52)8)63-56(68)44-16-12-39(26-48(44)59(63)71)38-10-14-42-46(24-38)54(66)61(9)53(42)65/h10-22,24-27H,23H2,1-9H3. The van der Waals surface area contributed by atoms with Crippen LogP contribution in [0.4, 0.5) is 17.1 Å². The minimum Gasteiger partial charge on any atom is -0.277 e. The van der Waals surface area contributed by atoms with Crippen LogP contribution in [0, 0.1) is 55.4 Å². The largest absolute Gasteiger partial charge is 0.277 e. The summed E-state index contributed by atoms with van der Waals surface area (Å²) in [4.78, 5) is 115. The van der Waals surface area contributed by atoms with Crippen molar-refractivity contribution in [3.8, 4) is 22.3 Å². The van der Waals surface area contributed by atoms with Crippen LogP contribution in [0.5, 0.6) is 0 Å². The lowest BCUT2D eigenvalue weighted by Crippen LogP contribution is -2.34. The lowest BCUT2D eigenvalue weighted by molar-refractivity contribution is 0.0690. The molecule has 72 heavy (non-hydrogen) atoms. The molecular formula is C60H46N4O8. The van der Waals surface area contributed by atoms with E-state index in [2.05, 4.69) is 32.9 Å². The Kier molecular flexibility index (Phi) is 10.2. The van der Waals surface area contributed by atoms with Gasteiger partial charge >= 0.3 is 0 Å². The maximum absolute atomic E-state index is 14.5. The molecule has 0 radical (unpaired) electrons. The summed E-state index contributed by atoms with van der Waals surface area (Å²) in [7, 11) is 1.42. The van der Waals surface area contributed by atoms with E-state index in [0.29, 0.717) is 51.1 Å². The van der Waals surface area contributed by atoms with Gasteiger partial charge in [0.1, 0.15) is 0 Å². The number of fused-ring (bicyclic) bond motifs is 4. The number of hydrogen-bond donors (Lipinski definition) is 0. The zero-order chi connectivity index (χ0) is 51.1. The van der Waals surface area contributed by atoms with Crippen molar-refractivity contribution >= 4 is 64.3 Å². The van der Waals surface area contributed by atoms with Crippen LogP contribution in [0.2, 0.25) is 0 Å². The Hall–Kier alpha value is -8.90. The number of imide groups is 4. The van der Waals surface area contributed by atoms with Gasteiger partial charge in [-0.25, -0.2) is 14.7 Å². The molecule has 12 heteroatoms. The molecule has 0 fully saturated rings. The van der Waals surface area contributed by atoms with Gasteiger partial charge in [0.25, 0.3) is 47.3 Å². The van der Waals surface area contributed by atoms with Gasteiger partial charge in [0.05, 0.1) is 61.6 Å². The highest BCUT2D eigenvalue weighted by Gasteiger charge is 2.44. The molecule has 0 aliphatic carbocycles. The van der Waals surface area contributed by atoms with Gasteiger partial charge in [0, 0.05) is 7.05 Å². The van der Waals surface area contributed by atoms with E-state index < -0.39 is 47.3 Å². The van der Waals surface area contributed by atoms with Crippen LogP contribution in [-0.4, -0.2) is 59.2 Å². The second-order valence-corrected chi connectivity index (χ2v) is 19.5. The molecule has 0 unspecified atom stereocenters. The van der Waals surface area contributed by atoms with Crippen molar-refractivity contribution in [3.63, 3.8) is 0 Å². The van der Waals surface area contributed by atoms with Crippen LogP contribution in [0.1, 0.15) is 138 Å². The van der Waals surface area contributed by atoms with Crippen LogP contribution >= 0.6 is 0 Å². The monoisotopic (exact) mass is 950 g/mol. The summed E-state index contributed by atoms with van der Waals surface area (Å²) in [6, 6.07) is 29.7. The molecule has 0 aromatic heterocycles. The number of benzene rings is 7. The van der Waals surface area contributed by atoms with Gasteiger partial charge in [-0.2, -0.15) is 0 Å². The molecular weight excluding hydrogens is 905 g/mol. The predicted octanol–water partition coefficient (Wildman–Crippen LogP) is 10.7. The third-order valence-corrected chi connectivity index (χ3v) is 14.9. The summed E-state index contributed by atoms with van der Waals surface area (Å²) in [5, 5.41) is 0. The Bertz CT molecular complexity index is 3760. The van der Waals surface area contributed by atoms with E-state index in [0.717, 1.165) is 31.4 Å². The highest BCUT2D eigenvalue weighted by Crippen LogP contribution is 2.44. The molecule has 0 bridgehead atoms. The lowest BCUT2D eigenvalue weighted by atomic mass is 9.94. The van der Waals surface area contributed by atoms with Gasteiger partial charge in [-0.05, 0) is 188 Å². The van der Waals surface area contributed by atoms with E-state index in [-0.39, 0.29) is 55.9 Å². The normalized spacial score (nSPS) is 14.9. The molecule has 7 aromatic rings. The molecule has 4 aliphatic rings. The van der Waals surface area contributed by atoms with Crippen molar-refractivity contribution in [3.05, 3.63) is 203 Å². The first-order valence-electron chi connectivity index (χ1n) is 23.6. The molecule has 0 saturated heterocycles. The van der Waals surface area contributed by atoms with Crippen LogP contribution in [0.15, 0.2) is 103 Å². The van der Waals surface area contributed by atoms with E-state index in [1.54, 1.807) is 99.6 Å². The smallest absolute Gasteiger partial charge is 0.266 e. The van der Waals surface area contributed by atoms with Crippen molar-refractivity contribution in [2.75, 3.05) is 21.7 Å². The molecule has 8 amide bonds. The second kappa shape index (κ2) is 16.1. The first kappa shape index (κ1) is 45.5. The summed E-state index contributed by atoms with van der Waals surface area (Å²) in [5.41, 5.74) is 14.0. The summed E-state index contributed by atoms with van der Waals surface area (Å²) in [5.74, 6) is -4.07. The molecule has 4 heterocycles. The molecule has 11 rings (SSSR count). The Balaban J connectivity index is 0.869. The fourth-order valence-electron chi connectivity index (χ4n) is 11.2. The Morgan fingerprint density at radius 1 is 0.292 bits per heavy atom. The Morgan fingerprint density at radius 3 is 0.944 bits per heavy atom. The number of amides is 8. The van der Waals surface area contributed by atoms with Crippen LogP contribution < -0.4 is 14.7 Å². The maximum atomic E-state index is 14.5. The number of anilines is 3. The SMILES string of the molecule is Cc1cc(Cc2cc(C)c(N3C(=O)c4ccc(-c5ccc6c(c5)C(=O)N(c5c(C)cc(C)c(N7C(=O)c8ccc(-c9ccc%10c(c9)C(=O)N(C)C%10=O)cc8C7=O)c5C)C6=O)cc4C3=O)c(C)c2)cc(C)c1C. The molecule has 12 nitrogen and oxygen atoms in total. The van der Waals surface area contributed by atoms with E-state index in [1.165, 1.54) is 34.2 Å². The van der Waals surface area contributed by atoms with E-state index in [9.17, 15) is 38.4 Å². The summed E-state index contributed by atoms with van der Waals surface area (Å²) < 4.78 is 0. The van der Waals surface area contributed by atoms with Crippen molar-refractivity contribution in [1.29, 1.82) is 0 Å². The third kappa shape index (κ3) is 6.58. The molecule has 4 aliphatic heterocycles. The highest BCUT2D eigenvalue weighted by atomic mass is 16.2. The topological polar surface area (TPSA) is 150 Å². The summed E-state index contributed by atoms with van der Waals surface area (Å²) >= 11 is 0. The Labute approximate surface area is 415 Å². The Morgan fingerprint density at radius 2 is 0.569 bits per heavy atom. The summed E-state index contributed by atoms with van der Waals surface area (Å²) in [6.07, 6.45) is 0.708. The second-order valence-electron chi connectivity index (χ2n) is 19.5. The van der Waals surface area contributed by atoms with Gasteiger partial charge < -0.3 is 0 Å². The van der Waals surface area contributed by atoms with Crippen LogP contribution in [-0.2, 0) is 6.42 Å². The average molecular weight is 951 g/mol. The third-order valence-electron chi connectivity index (χ3n) is 14.9. The molecule has 7 aromatic carbocycles. The van der Waals surface area contributed by atoms with E-state index >= 15 is 0 Å². The van der Waals surface area contributed by atoms with Crippen molar-refractivity contribution in [1.82, 2.24) is 4.90 Å². The number of rotatable bonds is 7. The van der Waals surface area contributed by atoms with Crippen molar-refractivity contribution in [2.45, 2.75) is 61.8 Å².